The minimum atomic E-state index is 0.812. The third-order valence-electron chi connectivity index (χ3n) is 9.51. The van der Waals surface area contributed by atoms with Crippen LogP contribution in [0, 0.1) is 0 Å². The largest absolute Gasteiger partial charge is 0.309 e. The van der Waals surface area contributed by atoms with E-state index in [0.717, 1.165) is 61.9 Å². The smallest absolute Gasteiger partial charge is 0.167 e. The highest BCUT2D eigenvalue weighted by Gasteiger charge is 2.24. The Morgan fingerprint density at radius 2 is 1.02 bits per heavy atom. The van der Waals surface area contributed by atoms with E-state index in [0.29, 0.717) is 0 Å². The molecule has 0 radical (unpaired) electrons. The molecule has 0 aliphatic heterocycles. The predicted octanol–water partition coefficient (Wildman–Crippen LogP) is 10.8. The Hall–Kier alpha value is -6.72. The third kappa shape index (κ3) is 4.19. The quantitative estimate of drug-likeness (QED) is 0.190. The highest BCUT2D eigenvalue weighted by Crippen LogP contribution is 2.42. The molecule has 5 nitrogen and oxygen atoms in total. The summed E-state index contributed by atoms with van der Waals surface area (Å²) >= 11 is 0. The predicted molar refractivity (Wildman–Crippen MR) is 201 cm³/mol. The van der Waals surface area contributed by atoms with E-state index < -0.39 is 0 Å². The van der Waals surface area contributed by atoms with Crippen molar-refractivity contribution in [1.29, 1.82) is 0 Å². The van der Waals surface area contributed by atoms with Crippen molar-refractivity contribution in [3.8, 4) is 39.7 Å². The van der Waals surface area contributed by atoms with E-state index in [1.54, 1.807) is 0 Å². The molecule has 4 aromatic heterocycles. The van der Waals surface area contributed by atoms with Gasteiger partial charge in [0.1, 0.15) is 11.3 Å². The molecule has 0 atom stereocenters. The molecular weight excluding hydrogens is 599 g/mol. The van der Waals surface area contributed by atoms with Gasteiger partial charge in [0.25, 0.3) is 0 Å². The summed E-state index contributed by atoms with van der Waals surface area (Å²) in [5, 5.41) is 3.57. The van der Waals surface area contributed by atoms with Crippen molar-refractivity contribution in [3.05, 3.63) is 176 Å². The fraction of sp³-hybridized carbons (Fsp3) is 0. The summed E-state index contributed by atoms with van der Waals surface area (Å²) in [4.78, 5) is 10.4. The van der Waals surface area contributed by atoms with Crippen molar-refractivity contribution in [2.24, 2.45) is 0 Å². The lowest BCUT2D eigenvalue weighted by Crippen LogP contribution is -2.00. The van der Waals surface area contributed by atoms with Crippen molar-refractivity contribution in [2.45, 2.75) is 0 Å². The van der Waals surface area contributed by atoms with Crippen LogP contribution in [0.1, 0.15) is 0 Å². The van der Waals surface area contributed by atoms with Gasteiger partial charge in [-0.15, -0.1) is 0 Å². The fourth-order valence-corrected chi connectivity index (χ4v) is 7.41. The number of pyridine rings is 1. The van der Waals surface area contributed by atoms with Crippen molar-refractivity contribution >= 4 is 43.9 Å². The maximum Gasteiger partial charge on any atom is 0.167 e. The number of benzene rings is 6. The first-order valence-electron chi connectivity index (χ1n) is 16.5. The van der Waals surface area contributed by atoms with Crippen LogP contribution in [0.25, 0.3) is 83.6 Å². The number of hydrogen-bond acceptors (Lipinski definition) is 2. The lowest BCUT2D eigenvalue weighted by atomic mass is 10.1. The molecule has 10 rings (SSSR count). The zero-order chi connectivity index (χ0) is 32.3. The summed E-state index contributed by atoms with van der Waals surface area (Å²) in [6, 6.07) is 59.8. The van der Waals surface area contributed by atoms with Gasteiger partial charge in [-0.25, -0.2) is 9.97 Å². The van der Waals surface area contributed by atoms with Gasteiger partial charge in [0, 0.05) is 39.3 Å². The zero-order valence-corrected chi connectivity index (χ0v) is 26.5. The molecule has 0 amide bonds. The highest BCUT2D eigenvalue weighted by atomic mass is 15.2. The van der Waals surface area contributed by atoms with E-state index in [2.05, 4.69) is 171 Å². The highest BCUT2D eigenvalue weighted by molar-refractivity contribution is 6.19. The molecular formula is C44H29N5. The number of hydrogen-bond donors (Lipinski definition) is 0. The molecule has 0 saturated heterocycles. The van der Waals surface area contributed by atoms with E-state index in [-0.39, 0.29) is 0 Å². The number of aromatic nitrogens is 5. The monoisotopic (exact) mass is 627 g/mol. The molecule has 4 heterocycles. The first-order chi connectivity index (χ1) is 24.3. The lowest BCUT2D eigenvalue weighted by Gasteiger charge is -2.12. The minimum Gasteiger partial charge on any atom is -0.309 e. The van der Waals surface area contributed by atoms with E-state index in [1.807, 2.05) is 18.3 Å². The van der Waals surface area contributed by atoms with Crippen LogP contribution in [0.15, 0.2) is 176 Å². The Morgan fingerprint density at radius 1 is 0.429 bits per heavy atom. The van der Waals surface area contributed by atoms with Crippen LogP contribution in [0.5, 0.6) is 0 Å². The van der Waals surface area contributed by atoms with Gasteiger partial charge < -0.3 is 9.13 Å². The van der Waals surface area contributed by atoms with Crippen LogP contribution in [-0.4, -0.2) is 23.7 Å². The molecule has 5 heteroatoms. The van der Waals surface area contributed by atoms with Gasteiger partial charge in [0.05, 0.1) is 27.9 Å². The van der Waals surface area contributed by atoms with Crippen LogP contribution in [0.2, 0.25) is 0 Å². The molecule has 0 aliphatic rings. The first kappa shape index (κ1) is 27.4. The fourth-order valence-electron chi connectivity index (χ4n) is 7.41. The number of nitrogens with zero attached hydrogens (tertiary/aromatic N) is 5. The maximum atomic E-state index is 5.40. The van der Waals surface area contributed by atoms with E-state index in [9.17, 15) is 0 Å². The second kappa shape index (κ2) is 10.9. The third-order valence-corrected chi connectivity index (χ3v) is 9.51. The van der Waals surface area contributed by atoms with Crippen LogP contribution in [-0.2, 0) is 0 Å². The minimum absolute atomic E-state index is 0.812. The number of imidazole rings is 1. The molecule has 0 bridgehead atoms. The summed E-state index contributed by atoms with van der Waals surface area (Å²) in [6.45, 7) is 0. The number of rotatable bonds is 5. The Morgan fingerprint density at radius 3 is 1.73 bits per heavy atom. The Kier molecular flexibility index (Phi) is 6.11. The van der Waals surface area contributed by atoms with Gasteiger partial charge in [0.2, 0.25) is 0 Å². The molecule has 0 N–H and O–H groups in total. The summed E-state index contributed by atoms with van der Waals surface area (Å²) in [5.41, 5.74) is 11.6. The van der Waals surface area contributed by atoms with Gasteiger partial charge in [-0.3, -0.25) is 4.57 Å². The van der Waals surface area contributed by atoms with Gasteiger partial charge in [-0.05, 0) is 54.1 Å². The SMILES string of the molecule is c1ccc(-c2cc3c(ccc4c5ccccc5n(-c5ccnc6c5nc(-c5ccccc5)n6-c5ccccc5)c43)n2-c2ccccc2)cc1. The first-order valence-corrected chi connectivity index (χ1v) is 16.5. The molecule has 0 saturated carbocycles. The molecule has 0 unspecified atom stereocenters. The average molecular weight is 628 g/mol. The van der Waals surface area contributed by atoms with Crippen LogP contribution in [0.4, 0.5) is 0 Å². The average Bonchev–Trinajstić information content (AvgIpc) is 3.86. The van der Waals surface area contributed by atoms with E-state index >= 15 is 0 Å². The van der Waals surface area contributed by atoms with Crippen LogP contribution in [0.3, 0.4) is 0 Å². The molecule has 230 valence electrons. The van der Waals surface area contributed by atoms with Crippen molar-refractivity contribution in [3.63, 3.8) is 0 Å². The Balaban J connectivity index is 1.35. The summed E-state index contributed by atoms with van der Waals surface area (Å²) in [6.07, 6.45) is 1.92. The van der Waals surface area contributed by atoms with Crippen LogP contribution < -0.4 is 0 Å². The van der Waals surface area contributed by atoms with E-state index in [1.165, 1.54) is 21.7 Å². The summed E-state index contributed by atoms with van der Waals surface area (Å²) < 4.78 is 6.96. The summed E-state index contributed by atoms with van der Waals surface area (Å²) in [7, 11) is 0. The van der Waals surface area contributed by atoms with Crippen LogP contribution >= 0.6 is 0 Å². The molecule has 10 aromatic rings. The standard InChI is InChI=1S/C44H29N5/c1-5-15-30(16-6-1)40-29-36-38(47(40)32-19-9-3-10-20-32)26-25-35-34-23-13-14-24-37(34)49(42(35)36)39-27-28-45-44-41(39)46-43(31-17-7-2-8-18-31)48(44)33-21-11-4-12-22-33/h1-29H. The number of fused-ring (bicyclic) bond motifs is 6. The summed E-state index contributed by atoms with van der Waals surface area (Å²) in [5.74, 6) is 0.856. The number of para-hydroxylation sites is 3. The second-order valence-corrected chi connectivity index (χ2v) is 12.3. The van der Waals surface area contributed by atoms with Gasteiger partial charge in [0.15, 0.2) is 5.65 Å². The molecule has 0 aliphatic carbocycles. The van der Waals surface area contributed by atoms with Crippen molar-refractivity contribution < 1.29 is 0 Å². The Labute approximate surface area is 282 Å². The lowest BCUT2D eigenvalue weighted by molar-refractivity contribution is 1.08. The van der Waals surface area contributed by atoms with Crippen molar-refractivity contribution in [2.75, 3.05) is 0 Å². The van der Waals surface area contributed by atoms with E-state index in [4.69, 9.17) is 9.97 Å². The topological polar surface area (TPSA) is 40.6 Å². The van der Waals surface area contributed by atoms with Gasteiger partial charge >= 0.3 is 0 Å². The molecule has 0 spiro atoms. The molecule has 0 fully saturated rings. The zero-order valence-electron chi connectivity index (χ0n) is 26.5. The normalized spacial score (nSPS) is 11.7. The second-order valence-electron chi connectivity index (χ2n) is 12.3. The van der Waals surface area contributed by atoms with Gasteiger partial charge in [-0.1, -0.05) is 121 Å². The van der Waals surface area contributed by atoms with Crippen molar-refractivity contribution in [1.82, 2.24) is 23.7 Å². The molecule has 49 heavy (non-hydrogen) atoms. The Bertz CT molecular complexity index is 2790. The maximum absolute atomic E-state index is 5.40. The molecule has 6 aromatic carbocycles. The van der Waals surface area contributed by atoms with Gasteiger partial charge in [-0.2, -0.15) is 0 Å².